The Morgan fingerprint density at radius 3 is 0.974 bits per heavy atom. The fourth-order valence-corrected chi connectivity index (χ4v) is 15.0. The van der Waals surface area contributed by atoms with Crippen LogP contribution in [0.1, 0.15) is 112 Å². The number of fused-ring (bicyclic) bond motifs is 9. The second-order valence-electron chi connectivity index (χ2n) is 22.6. The second-order valence-corrected chi connectivity index (χ2v) is 22.6. The Hall–Kier alpha value is -7.34. The Bertz CT molecular complexity index is 3520. The summed E-state index contributed by atoms with van der Waals surface area (Å²) in [5, 5.41) is 0. The number of halogens is 10. The third-order valence-corrected chi connectivity index (χ3v) is 19.2. The molecule has 8 aromatic rings. The van der Waals surface area contributed by atoms with Crippen LogP contribution in [0.5, 0.6) is 0 Å². The fourth-order valence-electron chi connectivity index (χ4n) is 15.0. The summed E-state index contributed by atoms with van der Waals surface area (Å²) >= 11 is 0. The van der Waals surface area contributed by atoms with Gasteiger partial charge in [-0.15, -0.1) is 0 Å². The van der Waals surface area contributed by atoms with Crippen LogP contribution in [0.2, 0.25) is 0 Å². The lowest BCUT2D eigenvalue weighted by Gasteiger charge is -2.50. The van der Waals surface area contributed by atoms with Crippen LogP contribution in [0.25, 0.3) is 33.4 Å². The zero-order valence-electron chi connectivity index (χ0n) is 42.5. The average molecular weight is 1050 g/mol. The largest absolute Gasteiger partial charge is 0.329 e. The third kappa shape index (κ3) is 6.27. The zero-order chi connectivity index (χ0) is 53.9. The second kappa shape index (κ2) is 16.8. The van der Waals surface area contributed by atoms with Gasteiger partial charge in [-0.25, -0.2) is 43.9 Å². The zero-order valence-corrected chi connectivity index (χ0v) is 42.5. The summed E-state index contributed by atoms with van der Waals surface area (Å²) < 4.78 is 153. The van der Waals surface area contributed by atoms with Gasteiger partial charge in [-0.3, -0.25) is 0 Å². The van der Waals surface area contributed by atoms with Crippen molar-refractivity contribution < 1.29 is 43.9 Å². The third-order valence-electron chi connectivity index (χ3n) is 19.2. The van der Waals surface area contributed by atoms with E-state index in [1.165, 1.54) is 9.80 Å². The molecule has 8 aromatic carbocycles. The molecule has 3 aliphatic carbocycles. The van der Waals surface area contributed by atoms with Crippen molar-refractivity contribution in [2.45, 2.75) is 106 Å². The van der Waals surface area contributed by atoms with Gasteiger partial charge in [-0.2, -0.15) is 0 Å². The van der Waals surface area contributed by atoms with Crippen molar-refractivity contribution in [1.82, 2.24) is 0 Å². The number of benzene rings is 8. The normalized spacial score (nSPS) is 23.6. The molecule has 12 heteroatoms. The van der Waals surface area contributed by atoms with E-state index >= 15 is 35.1 Å². The van der Waals surface area contributed by atoms with Crippen LogP contribution in [0.3, 0.4) is 0 Å². The molecule has 0 saturated heterocycles. The lowest BCUT2D eigenvalue weighted by atomic mass is 9.61. The van der Waals surface area contributed by atoms with E-state index in [4.69, 9.17) is 0 Å². The minimum absolute atomic E-state index is 0.381. The molecular weight excluding hydrogens is 999 g/mol. The van der Waals surface area contributed by atoms with Crippen molar-refractivity contribution in [2.75, 3.05) is 9.80 Å². The molecule has 0 amide bonds. The molecule has 2 saturated carbocycles. The van der Waals surface area contributed by atoms with Gasteiger partial charge in [0, 0.05) is 22.2 Å². The van der Waals surface area contributed by atoms with Gasteiger partial charge in [0.1, 0.15) is 11.4 Å². The molecular formula is C65H50F10N2. The minimum atomic E-state index is -2.20. The SMILES string of the molecule is CC12CCCCC1(C)N(c1c(F)c(F)c(F)c(F)c1F)c1ccc(-c3ccc4c(c3)C(c3ccccc3)(c3ccccc3)c3cc(-c5ccc6c(c5)C5(C)CCCCC5(C)N6c5c(F)c(F)c(F)c(F)c5F)ccc3-4)cc12. The number of hydrogen-bond acceptors (Lipinski definition) is 2. The molecule has 0 bridgehead atoms. The van der Waals surface area contributed by atoms with Gasteiger partial charge in [0.2, 0.25) is 11.6 Å². The maximum atomic E-state index is 15.9. The van der Waals surface area contributed by atoms with Gasteiger partial charge in [0.25, 0.3) is 0 Å². The van der Waals surface area contributed by atoms with E-state index < -0.39 is 96.9 Å². The first kappa shape index (κ1) is 49.2. The molecule has 2 fully saturated rings. The number of anilines is 4. The Kier molecular flexibility index (Phi) is 10.8. The first-order chi connectivity index (χ1) is 36.8. The summed E-state index contributed by atoms with van der Waals surface area (Å²) in [4.78, 5) is 2.71. The Labute approximate surface area is 439 Å². The van der Waals surface area contributed by atoms with Gasteiger partial charge in [-0.05, 0) is 143 Å². The van der Waals surface area contributed by atoms with E-state index in [0.717, 1.165) is 79.6 Å². The van der Waals surface area contributed by atoms with Gasteiger partial charge < -0.3 is 9.80 Å². The van der Waals surface area contributed by atoms with E-state index in [-0.39, 0.29) is 0 Å². The average Bonchev–Trinajstić information content (AvgIpc) is 4.09. The standard InChI is InChI=1S/C65H50F10N2/c1-61-27-11-13-29-63(61,3)76(59-55(72)51(68)49(66)52(69)56(59)73)47-25-21-37(33-45(47)61)35-19-23-41-42-24-20-36(32-44(42)65(43(41)31-35,39-15-7-5-8-16-39)40-17-9-6-10-18-40)38-22-26-48-46(34-38)62(2)28-12-14-30-64(62,4)77(48)60-57(74)53(70)50(67)54(71)58(60)75/h5-10,15-26,31-34H,11-14,27-30H2,1-4H3. The van der Waals surface area contributed by atoms with E-state index in [2.05, 4.69) is 48.5 Å². The summed E-state index contributed by atoms with van der Waals surface area (Å²) in [5.41, 5.74) is 5.02. The van der Waals surface area contributed by atoms with Crippen molar-refractivity contribution in [3.8, 4) is 33.4 Å². The predicted octanol–water partition coefficient (Wildman–Crippen LogP) is 18.3. The molecule has 2 heterocycles. The summed E-state index contributed by atoms with van der Waals surface area (Å²) in [6, 6.07) is 44.2. The highest BCUT2D eigenvalue weighted by atomic mass is 19.2. The summed E-state index contributed by atoms with van der Waals surface area (Å²) in [6.07, 6.45) is 5.13. The van der Waals surface area contributed by atoms with Crippen LogP contribution in [0, 0.1) is 58.2 Å². The maximum Gasteiger partial charge on any atom is 0.200 e. The van der Waals surface area contributed by atoms with Crippen LogP contribution < -0.4 is 9.80 Å². The van der Waals surface area contributed by atoms with E-state index in [9.17, 15) is 8.78 Å². The molecule has 77 heavy (non-hydrogen) atoms. The van der Waals surface area contributed by atoms with Crippen LogP contribution in [-0.2, 0) is 16.2 Å². The Balaban J connectivity index is 0.984. The van der Waals surface area contributed by atoms with Crippen molar-refractivity contribution in [2.24, 2.45) is 0 Å². The molecule has 2 nitrogen and oxygen atoms in total. The molecule has 0 aromatic heterocycles. The van der Waals surface area contributed by atoms with Gasteiger partial charge in [0.05, 0.1) is 16.5 Å². The monoisotopic (exact) mass is 1050 g/mol. The topological polar surface area (TPSA) is 6.48 Å². The summed E-state index contributed by atoms with van der Waals surface area (Å²) in [5.74, 6) is -19.9. The van der Waals surface area contributed by atoms with Gasteiger partial charge in [-0.1, -0.05) is 137 Å². The molecule has 0 N–H and O–H groups in total. The highest BCUT2D eigenvalue weighted by molar-refractivity contribution is 5.91. The molecule has 2 aliphatic heterocycles. The molecule has 390 valence electrons. The summed E-state index contributed by atoms with van der Waals surface area (Å²) in [6.45, 7) is 7.74. The highest BCUT2D eigenvalue weighted by Gasteiger charge is 2.61. The lowest BCUT2D eigenvalue weighted by molar-refractivity contribution is 0.192. The molecule has 0 radical (unpaired) electrons. The van der Waals surface area contributed by atoms with Crippen molar-refractivity contribution in [1.29, 1.82) is 0 Å². The Morgan fingerprint density at radius 1 is 0.325 bits per heavy atom. The first-order valence-corrected chi connectivity index (χ1v) is 26.2. The predicted molar refractivity (Wildman–Crippen MR) is 280 cm³/mol. The molecule has 4 unspecified atom stereocenters. The lowest BCUT2D eigenvalue weighted by Crippen LogP contribution is -2.55. The van der Waals surface area contributed by atoms with E-state index in [1.807, 2.05) is 100 Å². The first-order valence-electron chi connectivity index (χ1n) is 26.2. The molecule has 4 atom stereocenters. The fraction of sp³-hybridized carbons (Fsp3) is 0.262. The minimum Gasteiger partial charge on any atom is -0.329 e. The smallest absolute Gasteiger partial charge is 0.200 e. The van der Waals surface area contributed by atoms with Crippen molar-refractivity contribution in [3.05, 3.63) is 225 Å². The van der Waals surface area contributed by atoms with Crippen molar-refractivity contribution >= 4 is 22.7 Å². The highest BCUT2D eigenvalue weighted by Crippen LogP contribution is 2.65. The van der Waals surface area contributed by atoms with Gasteiger partial charge in [0.15, 0.2) is 46.5 Å². The maximum absolute atomic E-state index is 15.9. The van der Waals surface area contributed by atoms with Crippen LogP contribution >= 0.6 is 0 Å². The molecule has 13 rings (SSSR count). The van der Waals surface area contributed by atoms with Crippen LogP contribution in [0.15, 0.2) is 133 Å². The van der Waals surface area contributed by atoms with Crippen LogP contribution in [-0.4, -0.2) is 11.1 Å². The number of rotatable bonds is 6. The van der Waals surface area contributed by atoms with Crippen molar-refractivity contribution in [3.63, 3.8) is 0 Å². The number of hydrogen-bond donors (Lipinski definition) is 0. The van der Waals surface area contributed by atoms with Gasteiger partial charge >= 0.3 is 0 Å². The quantitative estimate of drug-likeness (QED) is 0.0930. The van der Waals surface area contributed by atoms with E-state index in [1.54, 1.807) is 12.1 Å². The number of nitrogens with zero attached hydrogens (tertiary/aromatic N) is 2. The molecule has 5 aliphatic rings. The summed E-state index contributed by atoms with van der Waals surface area (Å²) in [7, 11) is 0. The van der Waals surface area contributed by atoms with Crippen LogP contribution in [0.4, 0.5) is 66.7 Å². The molecule has 0 spiro atoms. The van der Waals surface area contributed by atoms with E-state index in [0.29, 0.717) is 49.9 Å². The Morgan fingerprint density at radius 2 is 0.623 bits per heavy atom.